The fourth-order valence-corrected chi connectivity index (χ4v) is 3.27. The fourth-order valence-electron chi connectivity index (χ4n) is 3.27. The van der Waals surface area contributed by atoms with Gasteiger partial charge in [-0.2, -0.15) is 0 Å². The summed E-state index contributed by atoms with van der Waals surface area (Å²) in [6.45, 7) is 1.45. The second kappa shape index (κ2) is 7.96. The van der Waals surface area contributed by atoms with Crippen LogP contribution in [0, 0.1) is 5.92 Å². The lowest BCUT2D eigenvalue weighted by Gasteiger charge is -2.32. The van der Waals surface area contributed by atoms with Gasteiger partial charge in [0.05, 0.1) is 12.1 Å². The van der Waals surface area contributed by atoms with E-state index < -0.39 is 0 Å². The second-order valence-corrected chi connectivity index (χ2v) is 6.58. The summed E-state index contributed by atoms with van der Waals surface area (Å²) in [7, 11) is 0. The zero-order chi connectivity index (χ0) is 17.6. The van der Waals surface area contributed by atoms with E-state index in [1.165, 1.54) is 0 Å². The van der Waals surface area contributed by atoms with Crippen LogP contribution in [0.4, 0.5) is 0 Å². The minimum absolute atomic E-state index is 0.0525. The van der Waals surface area contributed by atoms with Crippen LogP contribution in [0.3, 0.4) is 0 Å². The Hall–Kier alpha value is -2.63. The Labute approximate surface area is 147 Å². The maximum Gasteiger partial charge on any atom is 0.228 e. The van der Waals surface area contributed by atoms with Crippen molar-refractivity contribution in [2.24, 2.45) is 11.7 Å². The van der Waals surface area contributed by atoms with E-state index in [-0.39, 0.29) is 18.2 Å². The van der Waals surface area contributed by atoms with Crippen LogP contribution in [0.25, 0.3) is 11.3 Å². The van der Waals surface area contributed by atoms with Crippen molar-refractivity contribution < 1.29 is 14.1 Å². The van der Waals surface area contributed by atoms with Crippen molar-refractivity contribution in [1.82, 2.24) is 10.1 Å². The molecule has 0 spiro atoms. The molecule has 1 unspecified atom stereocenters. The van der Waals surface area contributed by atoms with Crippen LogP contribution in [-0.2, 0) is 16.0 Å². The van der Waals surface area contributed by atoms with Crippen molar-refractivity contribution in [3.8, 4) is 11.3 Å². The van der Waals surface area contributed by atoms with Gasteiger partial charge in [0.15, 0.2) is 5.76 Å². The Bertz CT molecular complexity index is 727. The molecule has 0 saturated carbocycles. The van der Waals surface area contributed by atoms with E-state index in [4.69, 9.17) is 10.3 Å². The van der Waals surface area contributed by atoms with E-state index in [2.05, 4.69) is 5.16 Å². The summed E-state index contributed by atoms with van der Waals surface area (Å²) >= 11 is 0. The first-order chi connectivity index (χ1) is 12.1. The quantitative estimate of drug-likeness (QED) is 0.873. The lowest BCUT2D eigenvalue weighted by molar-refractivity contribution is -0.132. The van der Waals surface area contributed by atoms with Gasteiger partial charge in [-0.1, -0.05) is 35.5 Å². The number of aromatic nitrogens is 1. The van der Waals surface area contributed by atoms with Gasteiger partial charge in [0.2, 0.25) is 11.8 Å². The van der Waals surface area contributed by atoms with Crippen LogP contribution >= 0.6 is 0 Å². The number of carbonyl (C=O) groups is 2. The van der Waals surface area contributed by atoms with Crippen molar-refractivity contribution in [1.29, 1.82) is 0 Å². The molecule has 6 heteroatoms. The molecular weight excluding hydrogens is 318 g/mol. The summed E-state index contributed by atoms with van der Waals surface area (Å²) in [5.74, 6) is 0.792. The van der Waals surface area contributed by atoms with Gasteiger partial charge < -0.3 is 15.2 Å². The maximum atomic E-state index is 12.5. The summed E-state index contributed by atoms with van der Waals surface area (Å²) < 4.78 is 5.35. The smallest absolute Gasteiger partial charge is 0.228 e. The molecular formula is C19H23N3O3. The third-order valence-corrected chi connectivity index (χ3v) is 4.62. The lowest BCUT2D eigenvalue weighted by atomic mass is 9.93. The second-order valence-electron chi connectivity index (χ2n) is 6.58. The normalized spacial score (nSPS) is 17.4. The highest BCUT2D eigenvalue weighted by Gasteiger charge is 2.24. The van der Waals surface area contributed by atoms with Gasteiger partial charge in [0.1, 0.15) is 0 Å². The van der Waals surface area contributed by atoms with E-state index in [1.807, 2.05) is 41.3 Å². The van der Waals surface area contributed by atoms with Crippen molar-refractivity contribution in [3.05, 3.63) is 42.1 Å². The number of nitrogens with two attached hydrogens (primary N) is 1. The van der Waals surface area contributed by atoms with Crippen molar-refractivity contribution in [3.63, 3.8) is 0 Å². The van der Waals surface area contributed by atoms with Gasteiger partial charge in [0.25, 0.3) is 0 Å². The molecule has 1 aromatic heterocycles. The SMILES string of the molecule is NC(=O)CCC1CCCN(C(=O)Cc2cc(-c3ccccc3)on2)C1. The van der Waals surface area contributed by atoms with Crippen molar-refractivity contribution in [2.45, 2.75) is 32.1 Å². The zero-order valence-corrected chi connectivity index (χ0v) is 14.2. The Kier molecular flexibility index (Phi) is 5.48. The first-order valence-corrected chi connectivity index (χ1v) is 8.69. The monoisotopic (exact) mass is 341 g/mol. The Morgan fingerprint density at radius 3 is 2.84 bits per heavy atom. The average Bonchev–Trinajstić information content (AvgIpc) is 3.09. The van der Waals surface area contributed by atoms with Crippen LogP contribution in [-0.4, -0.2) is 35.0 Å². The highest BCUT2D eigenvalue weighted by atomic mass is 16.5. The molecule has 0 aliphatic carbocycles. The van der Waals surface area contributed by atoms with E-state index in [1.54, 1.807) is 0 Å². The summed E-state index contributed by atoms with van der Waals surface area (Å²) in [6.07, 6.45) is 3.37. The van der Waals surface area contributed by atoms with E-state index in [0.717, 1.165) is 31.4 Å². The molecule has 3 rings (SSSR count). The maximum absolute atomic E-state index is 12.5. The average molecular weight is 341 g/mol. The number of hydrogen-bond donors (Lipinski definition) is 1. The third-order valence-electron chi connectivity index (χ3n) is 4.62. The zero-order valence-electron chi connectivity index (χ0n) is 14.2. The number of primary amides is 1. The molecule has 0 radical (unpaired) electrons. The topological polar surface area (TPSA) is 89.4 Å². The summed E-state index contributed by atoms with van der Waals surface area (Å²) in [6, 6.07) is 11.5. The molecule has 1 atom stereocenters. The fraction of sp³-hybridized carbons (Fsp3) is 0.421. The van der Waals surface area contributed by atoms with Gasteiger partial charge in [-0.05, 0) is 25.2 Å². The number of likely N-dealkylation sites (tertiary alicyclic amines) is 1. The molecule has 2 heterocycles. The van der Waals surface area contributed by atoms with E-state index in [9.17, 15) is 9.59 Å². The standard InChI is InChI=1S/C19H23N3O3/c20-18(23)9-8-14-5-4-10-22(13-14)19(24)12-16-11-17(25-21-16)15-6-2-1-3-7-15/h1-3,6-7,11,14H,4-5,8-10,12-13H2,(H2,20,23). The lowest BCUT2D eigenvalue weighted by Crippen LogP contribution is -2.41. The third kappa shape index (κ3) is 4.68. The van der Waals surface area contributed by atoms with Crippen LogP contribution in [0.15, 0.2) is 40.9 Å². The Morgan fingerprint density at radius 1 is 1.28 bits per heavy atom. The minimum Gasteiger partial charge on any atom is -0.370 e. The van der Waals surface area contributed by atoms with Gasteiger partial charge >= 0.3 is 0 Å². The summed E-state index contributed by atoms with van der Waals surface area (Å²) in [5, 5.41) is 4.02. The molecule has 1 aromatic carbocycles. The van der Waals surface area contributed by atoms with Crippen LogP contribution in [0.5, 0.6) is 0 Å². The van der Waals surface area contributed by atoms with Crippen LogP contribution in [0.2, 0.25) is 0 Å². The predicted molar refractivity (Wildman–Crippen MR) is 93.4 cm³/mol. The summed E-state index contributed by atoms with van der Waals surface area (Å²) in [5.41, 5.74) is 6.80. The highest BCUT2D eigenvalue weighted by Crippen LogP contribution is 2.23. The molecule has 6 nitrogen and oxygen atoms in total. The number of hydrogen-bond acceptors (Lipinski definition) is 4. The van der Waals surface area contributed by atoms with E-state index >= 15 is 0 Å². The Balaban J connectivity index is 1.57. The van der Waals surface area contributed by atoms with Gasteiger partial charge in [-0.25, -0.2) is 0 Å². The van der Waals surface area contributed by atoms with Crippen LogP contribution < -0.4 is 5.73 Å². The molecule has 1 aliphatic heterocycles. The molecule has 132 valence electrons. The number of carbonyl (C=O) groups excluding carboxylic acids is 2. The number of amides is 2. The molecule has 2 amide bonds. The first-order valence-electron chi connectivity index (χ1n) is 8.69. The van der Waals surface area contributed by atoms with Crippen LogP contribution in [0.1, 0.15) is 31.4 Å². The van der Waals surface area contributed by atoms with Gasteiger partial charge in [0, 0.05) is 31.1 Å². The first kappa shape index (κ1) is 17.2. The predicted octanol–water partition coefficient (Wildman–Crippen LogP) is 2.39. The minimum atomic E-state index is -0.278. The number of rotatable bonds is 6. The van der Waals surface area contributed by atoms with E-state index in [0.29, 0.717) is 30.3 Å². The molecule has 2 N–H and O–H groups in total. The Morgan fingerprint density at radius 2 is 2.08 bits per heavy atom. The largest absolute Gasteiger partial charge is 0.370 e. The number of benzene rings is 1. The number of nitrogens with zero attached hydrogens (tertiary/aromatic N) is 2. The van der Waals surface area contributed by atoms with Gasteiger partial charge in [-0.3, -0.25) is 9.59 Å². The highest BCUT2D eigenvalue weighted by molar-refractivity contribution is 5.79. The molecule has 0 bridgehead atoms. The van der Waals surface area contributed by atoms with Crippen molar-refractivity contribution >= 4 is 11.8 Å². The molecule has 1 aliphatic rings. The molecule has 2 aromatic rings. The molecule has 1 saturated heterocycles. The molecule has 25 heavy (non-hydrogen) atoms. The van der Waals surface area contributed by atoms with Gasteiger partial charge in [-0.15, -0.1) is 0 Å². The van der Waals surface area contributed by atoms with Crippen molar-refractivity contribution in [2.75, 3.05) is 13.1 Å². The number of piperidine rings is 1. The summed E-state index contributed by atoms with van der Waals surface area (Å²) in [4.78, 5) is 25.4. The molecule has 1 fully saturated rings.